The number of benzene rings is 2. The monoisotopic (exact) mass is 802 g/mol. The van der Waals surface area contributed by atoms with Gasteiger partial charge in [0, 0.05) is 64.3 Å². The number of halogens is 2. The van der Waals surface area contributed by atoms with Crippen LogP contribution in [0.15, 0.2) is 73.1 Å². The highest BCUT2D eigenvalue weighted by Crippen LogP contribution is 2.34. The van der Waals surface area contributed by atoms with E-state index >= 15 is 0 Å². The predicted octanol–water partition coefficient (Wildman–Crippen LogP) is 6.34. The normalized spacial score (nSPS) is 14.6. The number of anilines is 2. The summed E-state index contributed by atoms with van der Waals surface area (Å²) in [6.45, 7) is 9.96. The first kappa shape index (κ1) is 42.0. The number of carboxylic acid groups (broad SMARTS) is 1. The number of aromatic nitrogens is 2. The highest BCUT2D eigenvalue weighted by Gasteiger charge is 2.47. The number of nitrogens with one attached hydrogen (secondary N) is 2. The Labute approximate surface area is 337 Å². The van der Waals surface area contributed by atoms with Crippen molar-refractivity contribution in [3.63, 3.8) is 0 Å². The number of amides is 2. The number of aliphatic carboxylic acids is 1. The van der Waals surface area contributed by atoms with Gasteiger partial charge in [0.1, 0.15) is 22.7 Å². The van der Waals surface area contributed by atoms with E-state index < -0.39 is 34.8 Å². The third-order valence-corrected chi connectivity index (χ3v) is 10.8. The topological polar surface area (TPSA) is 154 Å². The number of fused-ring (bicyclic) bond motifs is 2. The Hall–Kier alpha value is -5.20. The van der Waals surface area contributed by atoms with Gasteiger partial charge >= 0.3 is 11.9 Å². The first-order valence-electron chi connectivity index (χ1n) is 18.5. The van der Waals surface area contributed by atoms with Crippen LogP contribution in [0.4, 0.5) is 11.6 Å². The molecule has 0 saturated heterocycles. The van der Waals surface area contributed by atoms with Crippen LogP contribution < -0.4 is 20.4 Å². The van der Waals surface area contributed by atoms with E-state index in [1.807, 2.05) is 100 Å². The quantitative estimate of drug-likeness (QED) is 0.146. The summed E-state index contributed by atoms with van der Waals surface area (Å²) in [4.78, 5) is 63.8. The van der Waals surface area contributed by atoms with Crippen LogP contribution in [0.2, 0.25) is 10.0 Å². The predicted molar refractivity (Wildman–Crippen MR) is 218 cm³/mol. The molecule has 2 aromatic heterocycles. The standard InChI is InChI=1S/C22H26ClN3O3.C20H22ClN3O3/c1-5-29-21(28)22(11-15-8-6-7-9-16(15)12-22)25-20(27)18-10-17(23)13-24-19(18)26(4)14(2)3;1-12(2)24(3)17-16(8-15(21)11-22-17)18(25)23-20(19(26)27)9-13-6-4-5-7-14(13)10-20/h6-10,13-14H,5,11-12H2,1-4H3,(H,25,27);4-8,11-12H,9-10H2,1-3H3,(H,23,25)(H,26,27). The van der Waals surface area contributed by atoms with Crippen molar-refractivity contribution in [1.29, 1.82) is 0 Å². The summed E-state index contributed by atoms with van der Waals surface area (Å²) in [5, 5.41) is 16.3. The van der Waals surface area contributed by atoms with Crippen LogP contribution in [-0.4, -0.2) is 82.7 Å². The minimum atomic E-state index is -1.38. The zero-order valence-corrected chi connectivity index (χ0v) is 34.2. The Morgan fingerprint density at radius 2 is 1.07 bits per heavy atom. The number of esters is 1. The van der Waals surface area contributed by atoms with Crippen LogP contribution >= 0.6 is 23.2 Å². The molecule has 0 radical (unpaired) electrons. The second-order valence-electron chi connectivity index (χ2n) is 14.8. The molecule has 2 aliphatic carbocycles. The van der Waals surface area contributed by atoms with Crippen molar-refractivity contribution in [1.82, 2.24) is 20.6 Å². The SMILES string of the molecule is CC(C)N(C)c1ncc(Cl)cc1C(=O)NC1(C(=O)O)Cc2ccccc2C1.CCOC(=O)C1(NC(=O)c2cc(Cl)cnc2N(C)C(C)C)Cc2ccccc2C1. The molecule has 4 aromatic rings. The van der Waals surface area contributed by atoms with E-state index in [1.165, 1.54) is 18.5 Å². The van der Waals surface area contributed by atoms with Gasteiger partial charge in [-0.1, -0.05) is 71.7 Å². The van der Waals surface area contributed by atoms with Crippen molar-refractivity contribution in [2.24, 2.45) is 0 Å². The van der Waals surface area contributed by atoms with Crippen LogP contribution in [0, 0.1) is 0 Å². The van der Waals surface area contributed by atoms with Gasteiger partial charge < -0.3 is 30.3 Å². The van der Waals surface area contributed by atoms with E-state index in [2.05, 4.69) is 20.6 Å². The zero-order chi connectivity index (χ0) is 40.9. The first-order valence-corrected chi connectivity index (χ1v) is 19.2. The number of pyridine rings is 2. The summed E-state index contributed by atoms with van der Waals surface area (Å²) in [5.41, 5.74) is 1.99. The molecule has 3 N–H and O–H groups in total. The molecule has 6 rings (SSSR count). The Morgan fingerprint density at radius 3 is 1.41 bits per heavy atom. The smallest absolute Gasteiger partial charge is 0.332 e. The van der Waals surface area contributed by atoms with E-state index in [9.17, 15) is 24.3 Å². The van der Waals surface area contributed by atoms with Crippen molar-refractivity contribution < 1.29 is 29.0 Å². The second kappa shape index (κ2) is 17.3. The average Bonchev–Trinajstić information content (AvgIpc) is 3.74. The fraction of sp³-hybridized carbons (Fsp3) is 0.381. The molecule has 14 heteroatoms. The molecular weight excluding hydrogens is 755 g/mol. The minimum absolute atomic E-state index is 0.106. The zero-order valence-electron chi connectivity index (χ0n) is 32.7. The largest absolute Gasteiger partial charge is 0.479 e. The number of carboxylic acids is 1. The Kier molecular flexibility index (Phi) is 13.0. The lowest BCUT2D eigenvalue weighted by atomic mass is 9.95. The van der Waals surface area contributed by atoms with E-state index in [0.29, 0.717) is 40.1 Å². The van der Waals surface area contributed by atoms with Crippen LogP contribution in [-0.2, 0) is 40.0 Å². The van der Waals surface area contributed by atoms with Gasteiger partial charge in [-0.05, 0) is 69.0 Å². The van der Waals surface area contributed by atoms with Gasteiger partial charge in [0.2, 0.25) is 0 Å². The third kappa shape index (κ3) is 8.92. The van der Waals surface area contributed by atoms with Gasteiger partial charge in [-0.25, -0.2) is 19.6 Å². The molecule has 2 aromatic carbocycles. The number of hydrogen-bond donors (Lipinski definition) is 3. The fourth-order valence-electron chi connectivity index (χ4n) is 6.90. The molecule has 0 aliphatic heterocycles. The van der Waals surface area contributed by atoms with Gasteiger partial charge in [-0.2, -0.15) is 0 Å². The maximum atomic E-state index is 13.3. The number of hydrogen-bond acceptors (Lipinski definition) is 9. The van der Waals surface area contributed by atoms with Crippen molar-refractivity contribution >= 4 is 58.6 Å². The van der Waals surface area contributed by atoms with Crippen LogP contribution in [0.5, 0.6) is 0 Å². The molecule has 0 spiro atoms. The summed E-state index contributed by atoms with van der Waals surface area (Å²) in [6.07, 6.45) is 4.25. The molecule has 0 bridgehead atoms. The molecular formula is C42H48Cl2N6O6. The molecule has 56 heavy (non-hydrogen) atoms. The summed E-state index contributed by atoms with van der Waals surface area (Å²) < 4.78 is 5.33. The molecule has 12 nitrogen and oxygen atoms in total. The van der Waals surface area contributed by atoms with Gasteiger partial charge in [-0.3, -0.25) is 9.59 Å². The van der Waals surface area contributed by atoms with E-state index in [1.54, 1.807) is 13.0 Å². The number of nitrogens with zero attached hydrogens (tertiary/aromatic N) is 4. The lowest BCUT2D eigenvalue weighted by molar-refractivity contribution is -0.150. The van der Waals surface area contributed by atoms with Gasteiger partial charge in [0.05, 0.1) is 27.8 Å². The molecule has 0 fully saturated rings. The summed E-state index contributed by atoms with van der Waals surface area (Å²) in [7, 11) is 3.69. The van der Waals surface area contributed by atoms with E-state index in [-0.39, 0.29) is 37.1 Å². The molecule has 2 amide bonds. The maximum Gasteiger partial charge on any atom is 0.332 e. The molecule has 0 unspecified atom stereocenters. The van der Waals surface area contributed by atoms with Crippen LogP contribution in [0.1, 0.15) is 77.6 Å². The summed E-state index contributed by atoms with van der Waals surface area (Å²) in [6, 6.07) is 18.7. The van der Waals surface area contributed by atoms with E-state index in [0.717, 1.165) is 22.3 Å². The molecule has 296 valence electrons. The van der Waals surface area contributed by atoms with Gasteiger partial charge in [0.15, 0.2) is 0 Å². The van der Waals surface area contributed by atoms with Crippen molar-refractivity contribution in [3.8, 4) is 0 Å². The summed E-state index contributed by atoms with van der Waals surface area (Å²) in [5.74, 6) is -1.41. The number of ether oxygens (including phenoxy) is 1. The maximum absolute atomic E-state index is 13.3. The number of rotatable bonds is 11. The van der Waals surface area contributed by atoms with Crippen molar-refractivity contribution in [2.75, 3.05) is 30.5 Å². The Balaban J connectivity index is 0.000000215. The lowest BCUT2D eigenvalue weighted by Gasteiger charge is -2.29. The van der Waals surface area contributed by atoms with Gasteiger partial charge in [-0.15, -0.1) is 0 Å². The summed E-state index contributed by atoms with van der Waals surface area (Å²) >= 11 is 12.2. The average molecular weight is 804 g/mol. The molecule has 0 saturated carbocycles. The third-order valence-electron chi connectivity index (χ3n) is 10.4. The van der Waals surface area contributed by atoms with E-state index in [4.69, 9.17) is 27.9 Å². The number of carbonyl (C=O) groups is 4. The van der Waals surface area contributed by atoms with Crippen LogP contribution in [0.25, 0.3) is 0 Å². The second-order valence-corrected chi connectivity index (χ2v) is 15.7. The van der Waals surface area contributed by atoms with Crippen molar-refractivity contribution in [3.05, 3.63) is 116 Å². The molecule has 2 heterocycles. The van der Waals surface area contributed by atoms with Crippen LogP contribution in [0.3, 0.4) is 0 Å². The highest BCUT2D eigenvalue weighted by molar-refractivity contribution is 6.31. The fourth-order valence-corrected chi connectivity index (χ4v) is 7.21. The Bertz CT molecular complexity index is 2080. The first-order chi connectivity index (χ1) is 26.5. The highest BCUT2D eigenvalue weighted by atomic mass is 35.5. The minimum Gasteiger partial charge on any atom is -0.479 e. The number of carbonyl (C=O) groups excluding carboxylic acids is 3. The molecule has 2 aliphatic rings. The lowest BCUT2D eigenvalue weighted by Crippen LogP contribution is -2.56. The Morgan fingerprint density at radius 1 is 0.714 bits per heavy atom. The molecule has 0 atom stereocenters. The van der Waals surface area contributed by atoms with Crippen molar-refractivity contribution in [2.45, 2.75) is 83.5 Å². The van der Waals surface area contributed by atoms with Gasteiger partial charge in [0.25, 0.3) is 11.8 Å².